The number of benzene rings is 2. The zero-order chi connectivity index (χ0) is 44.8. The second kappa shape index (κ2) is 19.1. The molecule has 1 aliphatic heterocycles. The number of carbonyl (C=O) groups is 4. The minimum Gasteiger partial charge on any atom is -0.490 e. The molecule has 0 saturated carbocycles. The van der Waals surface area contributed by atoms with Gasteiger partial charge in [0.25, 0.3) is 11.5 Å². The Kier molecular flexibility index (Phi) is 13.4. The summed E-state index contributed by atoms with van der Waals surface area (Å²) in [5.41, 5.74) is 5.59. The van der Waals surface area contributed by atoms with Gasteiger partial charge in [0, 0.05) is 38.3 Å². The van der Waals surface area contributed by atoms with Crippen molar-refractivity contribution in [3.63, 3.8) is 0 Å². The number of hydrogen-bond acceptors (Lipinski definition) is 14. The number of aromatic nitrogens is 5. The van der Waals surface area contributed by atoms with Gasteiger partial charge in [0.1, 0.15) is 48.0 Å². The van der Waals surface area contributed by atoms with Crippen LogP contribution in [-0.4, -0.2) is 103 Å². The SMILES string of the molecule is Cc1ncsc1-c1ccc(CNC(=O)[C@@H]2C[C@@H](O)CN2C(=O)[C@@H](NC(=O)COCCOc2ccc(C(=O)Nc3ccc4oc(-c5ccc(=O)n(C)n5)nc4c3)nc2)C(C)(C)C)cc1. The van der Waals surface area contributed by atoms with Crippen LogP contribution >= 0.6 is 11.3 Å². The average Bonchev–Trinajstić information content (AvgIpc) is 4.00. The van der Waals surface area contributed by atoms with Crippen LogP contribution in [0.1, 0.15) is 48.9 Å². The fraction of sp³-hybridized carbons (Fsp3) is 0.341. The van der Waals surface area contributed by atoms with Crippen LogP contribution in [0.15, 0.2) is 87.6 Å². The molecule has 19 heteroatoms. The molecule has 6 aromatic rings. The summed E-state index contributed by atoms with van der Waals surface area (Å²) in [7, 11) is 1.53. The van der Waals surface area contributed by atoms with Gasteiger partial charge >= 0.3 is 0 Å². The molecule has 0 radical (unpaired) electrons. The van der Waals surface area contributed by atoms with Crippen molar-refractivity contribution in [3.05, 3.63) is 106 Å². The monoisotopic (exact) mass is 877 g/mol. The lowest BCUT2D eigenvalue weighted by molar-refractivity contribution is -0.144. The number of aliphatic hydroxyl groups excluding tert-OH is 1. The number of aliphatic hydroxyl groups is 1. The topological polar surface area (TPSA) is 233 Å². The van der Waals surface area contributed by atoms with Crippen LogP contribution in [0.25, 0.3) is 33.1 Å². The van der Waals surface area contributed by atoms with E-state index in [0.29, 0.717) is 28.2 Å². The van der Waals surface area contributed by atoms with E-state index in [-0.39, 0.29) is 56.5 Å². The second-order valence-electron chi connectivity index (χ2n) is 16.1. The van der Waals surface area contributed by atoms with Crippen LogP contribution < -0.4 is 26.2 Å². The summed E-state index contributed by atoms with van der Waals surface area (Å²) in [6, 6.07) is 16.8. The molecule has 1 aliphatic rings. The number of hydrogen-bond donors (Lipinski definition) is 4. The molecule has 2 aromatic carbocycles. The molecule has 7 rings (SSSR count). The molecule has 18 nitrogen and oxygen atoms in total. The van der Waals surface area contributed by atoms with E-state index in [0.717, 1.165) is 21.7 Å². The predicted octanol–water partition coefficient (Wildman–Crippen LogP) is 3.87. The first-order valence-corrected chi connectivity index (χ1v) is 21.0. The van der Waals surface area contributed by atoms with E-state index in [9.17, 15) is 29.1 Å². The van der Waals surface area contributed by atoms with Crippen LogP contribution in [0, 0.1) is 12.3 Å². The number of aryl methyl sites for hydroxylation is 2. The number of β-amino-alcohol motifs (C(OH)–C–C–N with tert-alkyl or cyclic N) is 1. The molecule has 4 aromatic heterocycles. The fourth-order valence-electron chi connectivity index (χ4n) is 6.89. The maximum atomic E-state index is 13.9. The lowest BCUT2D eigenvalue weighted by Gasteiger charge is -2.35. The Morgan fingerprint density at radius 3 is 2.51 bits per heavy atom. The van der Waals surface area contributed by atoms with Gasteiger partial charge in [-0.2, -0.15) is 5.10 Å². The van der Waals surface area contributed by atoms with Crippen LogP contribution in [0.5, 0.6) is 5.75 Å². The van der Waals surface area contributed by atoms with Crippen molar-refractivity contribution in [1.82, 2.24) is 40.3 Å². The molecule has 4 N–H and O–H groups in total. The van der Waals surface area contributed by atoms with Gasteiger partial charge in [-0.25, -0.2) is 19.6 Å². The van der Waals surface area contributed by atoms with Crippen molar-refractivity contribution < 1.29 is 38.2 Å². The minimum atomic E-state index is -1.01. The maximum Gasteiger partial charge on any atom is 0.274 e. The summed E-state index contributed by atoms with van der Waals surface area (Å²) in [5.74, 6) is -1.29. The zero-order valence-corrected chi connectivity index (χ0v) is 36.1. The second-order valence-corrected chi connectivity index (χ2v) is 16.9. The molecule has 1 saturated heterocycles. The maximum absolute atomic E-state index is 13.9. The predicted molar refractivity (Wildman–Crippen MR) is 233 cm³/mol. The first kappa shape index (κ1) is 44.2. The summed E-state index contributed by atoms with van der Waals surface area (Å²) in [6.45, 7) is 7.29. The third kappa shape index (κ3) is 10.8. The molecule has 63 heavy (non-hydrogen) atoms. The van der Waals surface area contributed by atoms with E-state index < -0.39 is 47.2 Å². The first-order chi connectivity index (χ1) is 30.1. The van der Waals surface area contributed by atoms with Gasteiger partial charge in [-0.15, -0.1) is 11.3 Å². The van der Waals surface area contributed by atoms with Gasteiger partial charge in [-0.05, 0) is 59.9 Å². The number of oxazole rings is 1. The number of thiazole rings is 1. The number of amides is 4. The molecular weight excluding hydrogens is 831 g/mol. The van der Waals surface area contributed by atoms with Gasteiger partial charge in [0.05, 0.1) is 35.0 Å². The summed E-state index contributed by atoms with van der Waals surface area (Å²) >= 11 is 1.56. The van der Waals surface area contributed by atoms with E-state index >= 15 is 0 Å². The lowest BCUT2D eigenvalue weighted by Crippen LogP contribution is -2.58. The smallest absolute Gasteiger partial charge is 0.274 e. The summed E-state index contributed by atoms with van der Waals surface area (Å²) in [6.07, 6.45) is 0.564. The normalized spacial score (nSPS) is 15.6. The Morgan fingerprint density at radius 1 is 1.02 bits per heavy atom. The number of pyridine rings is 1. The van der Waals surface area contributed by atoms with E-state index in [1.807, 2.05) is 31.2 Å². The van der Waals surface area contributed by atoms with Crippen LogP contribution in [-0.2, 0) is 32.7 Å². The van der Waals surface area contributed by atoms with Gasteiger partial charge in [0.15, 0.2) is 5.58 Å². The Labute approximate surface area is 365 Å². The van der Waals surface area contributed by atoms with Crippen molar-refractivity contribution >= 4 is 51.8 Å². The highest BCUT2D eigenvalue weighted by atomic mass is 32.1. The van der Waals surface area contributed by atoms with Crippen LogP contribution in [0.3, 0.4) is 0 Å². The van der Waals surface area contributed by atoms with E-state index in [2.05, 4.69) is 36.0 Å². The third-order valence-electron chi connectivity index (χ3n) is 10.2. The molecule has 1 fully saturated rings. The van der Waals surface area contributed by atoms with Crippen molar-refractivity contribution in [3.8, 4) is 27.8 Å². The Balaban J connectivity index is 0.849. The van der Waals surface area contributed by atoms with E-state index in [1.165, 1.54) is 41.0 Å². The number of likely N-dealkylation sites (tertiary alicyclic amines) is 1. The Bertz CT molecular complexity index is 2670. The molecular formula is C44H47N9O9S. The molecule has 0 aliphatic carbocycles. The number of anilines is 1. The number of carbonyl (C=O) groups excluding carboxylic acids is 4. The van der Waals surface area contributed by atoms with Crippen molar-refractivity contribution in [1.29, 1.82) is 0 Å². The molecule has 328 valence electrons. The molecule has 0 unspecified atom stereocenters. The zero-order valence-electron chi connectivity index (χ0n) is 35.3. The van der Waals surface area contributed by atoms with Crippen LogP contribution in [0.2, 0.25) is 0 Å². The number of ether oxygens (including phenoxy) is 2. The average molecular weight is 878 g/mol. The third-order valence-corrected chi connectivity index (χ3v) is 11.2. The molecule has 5 heterocycles. The van der Waals surface area contributed by atoms with E-state index in [4.69, 9.17) is 13.9 Å². The Morgan fingerprint density at radius 2 is 1.81 bits per heavy atom. The summed E-state index contributed by atoms with van der Waals surface area (Å²) in [5, 5.41) is 23.1. The number of nitrogens with one attached hydrogen (secondary N) is 3. The lowest BCUT2D eigenvalue weighted by atomic mass is 9.85. The van der Waals surface area contributed by atoms with Crippen LogP contribution in [0.4, 0.5) is 5.69 Å². The van der Waals surface area contributed by atoms with Gasteiger partial charge in [-0.1, -0.05) is 45.0 Å². The standard InChI is InChI=1S/C44H47N9O9S/c1-25-38(63-24-47-25)27-8-6-26(7-9-27)20-46-41(58)34-19-29(54)22-53(34)43(59)39(44(2,3)4)50-36(55)23-60-16-17-61-30-11-12-31(45-21-30)40(57)48-28-10-14-35-33(18-28)49-42(62-35)32-13-15-37(56)52(5)51-32/h6-15,18,21,24,29,34,39,54H,16-17,19-20,22-23H2,1-5H3,(H,46,58)(H,48,57)(H,50,55)/t29-,34+,39-/m1/s1. The minimum absolute atomic E-state index is 0.0304. The first-order valence-electron chi connectivity index (χ1n) is 20.1. The molecule has 3 atom stereocenters. The van der Waals surface area contributed by atoms with Gasteiger partial charge in [0.2, 0.25) is 23.6 Å². The highest BCUT2D eigenvalue weighted by molar-refractivity contribution is 7.13. The van der Waals surface area contributed by atoms with Crippen molar-refractivity contribution in [2.24, 2.45) is 12.5 Å². The van der Waals surface area contributed by atoms with E-state index in [1.54, 1.807) is 61.9 Å². The largest absolute Gasteiger partial charge is 0.490 e. The number of nitrogens with zero attached hydrogens (tertiary/aromatic N) is 6. The number of fused-ring (bicyclic) bond motifs is 1. The summed E-state index contributed by atoms with van der Waals surface area (Å²) in [4.78, 5) is 80.4. The van der Waals surface area contributed by atoms with Crippen molar-refractivity contribution in [2.75, 3.05) is 31.7 Å². The molecule has 4 amide bonds. The van der Waals surface area contributed by atoms with Gasteiger partial charge < -0.3 is 39.8 Å². The molecule has 0 spiro atoms. The number of rotatable bonds is 15. The highest BCUT2D eigenvalue weighted by Crippen LogP contribution is 2.29. The Hall–Kier alpha value is -6.83. The van der Waals surface area contributed by atoms with Gasteiger partial charge in [-0.3, -0.25) is 24.0 Å². The quantitative estimate of drug-likeness (QED) is 0.108. The summed E-state index contributed by atoms with van der Waals surface area (Å²) < 4.78 is 18.2. The van der Waals surface area contributed by atoms with Crippen molar-refractivity contribution in [2.45, 2.75) is 58.8 Å². The fourth-order valence-corrected chi connectivity index (χ4v) is 7.70. The molecule has 0 bridgehead atoms. The highest BCUT2D eigenvalue weighted by Gasteiger charge is 2.44.